The molecule has 0 saturated carbocycles. The van der Waals surface area contributed by atoms with Gasteiger partial charge in [0.15, 0.2) is 0 Å². The second-order valence-corrected chi connectivity index (χ2v) is 6.14. The van der Waals surface area contributed by atoms with Crippen LogP contribution in [0.2, 0.25) is 0 Å². The fourth-order valence-electron chi connectivity index (χ4n) is 3.18. The van der Waals surface area contributed by atoms with Gasteiger partial charge < -0.3 is 15.0 Å². The Labute approximate surface area is 116 Å². The van der Waals surface area contributed by atoms with Gasteiger partial charge in [0, 0.05) is 19.0 Å². The number of rotatable bonds is 3. The zero-order valence-corrected chi connectivity index (χ0v) is 12.5. The highest BCUT2D eigenvalue weighted by atomic mass is 16.5. The van der Waals surface area contributed by atoms with Crippen molar-refractivity contribution in [3.05, 3.63) is 0 Å². The van der Waals surface area contributed by atoms with Gasteiger partial charge in [-0.25, -0.2) is 0 Å². The normalized spacial score (nSPS) is 36.3. The number of ether oxygens (including phenoxy) is 1. The first-order valence-corrected chi connectivity index (χ1v) is 7.76. The minimum atomic E-state index is 0.170. The van der Waals surface area contributed by atoms with Gasteiger partial charge in [-0.1, -0.05) is 13.8 Å². The van der Waals surface area contributed by atoms with Gasteiger partial charge in [-0.2, -0.15) is 0 Å². The first kappa shape index (κ1) is 14.8. The lowest BCUT2D eigenvalue weighted by molar-refractivity contribution is -0.145. The van der Waals surface area contributed by atoms with E-state index in [2.05, 4.69) is 24.1 Å². The fourth-order valence-corrected chi connectivity index (χ4v) is 3.18. The Bertz CT molecular complexity index is 309. The van der Waals surface area contributed by atoms with Crippen molar-refractivity contribution in [1.82, 2.24) is 10.2 Å². The molecule has 0 radical (unpaired) electrons. The van der Waals surface area contributed by atoms with Crippen LogP contribution in [0.15, 0.2) is 0 Å². The summed E-state index contributed by atoms with van der Waals surface area (Å²) in [5.41, 5.74) is 0. The summed E-state index contributed by atoms with van der Waals surface area (Å²) in [7, 11) is 0. The fraction of sp³-hybridized carbons (Fsp3) is 0.933. The van der Waals surface area contributed by atoms with Crippen molar-refractivity contribution < 1.29 is 9.53 Å². The van der Waals surface area contributed by atoms with Crippen LogP contribution < -0.4 is 5.32 Å². The lowest BCUT2D eigenvalue weighted by Gasteiger charge is -2.40. The lowest BCUT2D eigenvalue weighted by atomic mass is 9.90. The number of hydrogen-bond donors (Lipinski definition) is 1. The van der Waals surface area contributed by atoms with Gasteiger partial charge in [-0.15, -0.1) is 0 Å². The average Bonchev–Trinajstić information content (AvgIpc) is 2.41. The molecule has 0 spiro atoms. The molecule has 2 aliphatic heterocycles. The van der Waals surface area contributed by atoms with E-state index in [4.69, 9.17) is 4.74 Å². The number of hydrogen-bond acceptors (Lipinski definition) is 3. The molecule has 2 saturated heterocycles. The van der Waals surface area contributed by atoms with E-state index in [0.717, 1.165) is 19.5 Å². The van der Waals surface area contributed by atoms with E-state index in [1.807, 2.05) is 6.92 Å². The molecule has 2 heterocycles. The Balaban J connectivity index is 1.93. The number of piperidine rings is 1. The Morgan fingerprint density at radius 2 is 2.21 bits per heavy atom. The molecule has 110 valence electrons. The number of carbonyl (C=O) groups excluding carboxylic acids is 1. The van der Waals surface area contributed by atoms with E-state index in [0.29, 0.717) is 30.9 Å². The number of nitrogens with one attached hydrogen (secondary N) is 1. The smallest absolute Gasteiger partial charge is 0.224 e. The average molecular weight is 268 g/mol. The molecule has 19 heavy (non-hydrogen) atoms. The summed E-state index contributed by atoms with van der Waals surface area (Å²) in [6.07, 6.45) is 4.26. The van der Waals surface area contributed by atoms with Crippen molar-refractivity contribution in [1.29, 1.82) is 0 Å². The van der Waals surface area contributed by atoms with E-state index in [-0.39, 0.29) is 12.1 Å². The van der Waals surface area contributed by atoms with Crippen LogP contribution in [-0.2, 0) is 9.53 Å². The maximum Gasteiger partial charge on any atom is 0.224 e. The highest BCUT2D eigenvalue weighted by Gasteiger charge is 2.32. The molecule has 4 nitrogen and oxygen atoms in total. The van der Waals surface area contributed by atoms with Gasteiger partial charge in [0.1, 0.15) is 0 Å². The third-order valence-corrected chi connectivity index (χ3v) is 4.58. The van der Waals surface area contributed by atoms with Crippen LogP contribution in [0.5, 0.6) is 0 Å². The van der Waals surface area contributed by atoms with Gasteiger partial charge in [0.25, 0.3) is 0 Å². The van der Waals surface area contributed by atoms with Gasteiger partial charge in [-0.05, 0) is 38.6 Å². The molecule has 4 unspecified atom stereocenters. The largest absolute Gasteiger partial charge is 0.375 e. The van der Waals surface area contributed by atoms with Crippen LogP contribution in [-0.4, -0.2) is 48.7 Å². The number of carbonyl (C=O) groups is 1. The molecule has 0 bridgehead atoms. The molecule has 4 heteroatoms. The van der Waals surface area contributed by atoms with Crippen molar-refractivity contribution in [3.8, 4) is 0 Å². The number of amides is 1. The molecular weight excluding hydrogens is 240 g/mol. The van der Waals surface area contributed by atoms with Crippen LogP contribution in [0.25, 0.3) is 0 Å². The zero-order valence-electron chi connectivity index (χ0n) is 12.5. The predicted octanol–water partition coefficient (Wildman–Crippen LogP) is 1.79. The molecule has 1 N–H and O–H groups in total. The van der Waals surface area contributed by atoms with E-state index >= 15 is 0 Å². The molecule has 0 aromatic rings. The SMILES string of the molecule is CCC1COC(C)CN1C(=O)CC1NCCCC1C. The maximum absolute atomic E-state index is 12.6. The predicted molar refractivity (Wildman–Crippen MR) is 76.0 cm³/mol. The Hall–Kier alpha value is -0.610. The van der Waals surface area contributed by atoms with Gasteiger partial charge >= 0.3 is 0 Å². The molecule has 0 aromatic carbocycles. The third-order valence-electron chi connectivity index (χ3n) is 4.58. The minimum absolute atomic E-state index is 0.170. The monoisotopic (exact) mass is 268 g/mol. The van der Waals surface area contributed by atoms with Crippen LogP contribution in [0.4, 0.5) is 0 Å². The van der Waals surface area contributed by atoms with Crippen molar-refractivity contribution >= 4 is 5.91 Å². The zero-order chi connectivity index (χ0) is 13.8. The van der Waals surface area contributed by atoms with E-state index < -0.39 is 0 Å². The summed E-state index contributed by atoms with van der Waals surface area (Å²) < 4.78 is 5.66. The highest BCUT2D eigenvalue weighted by molar-refractivity contribution is 5.77. The molecule has 2 aliphatic rings. The summed E-state index contributed by atoms with van der Waals surface area (Å²) >= 11 is 0. The van der Waals surface area contributed by atoms with Crippen LogP contribution >= 0.6 is 0 Å². The molecule has 1 amide bonds. The molecule has 2 rings (SSSR count). The first-order chi connectivity index (χ1) is 9.11. The molecule has 0 aliphatic carbocycles. The molecule has 2 fully saturated rings. The Morgan fingerprint density at radius 1 is 1.42 bits per heavy atom. The Morgan fingerprint density at radius 3 is 2.89 bits per heavy atom. The summed E-state index contributed by atoms with van der Waals surface area (Å²) in [5, 5.41) is 3.50. The van der Waals surface area contributed by atoms with Crippen LogP contribution in [0.1, 0.15) is 46.5 Å². The third kappa shape index (κ3) is 3.69. The summed E-state index contributed by atoms with van der Waals surface area (Å²) in [6.45, 7) is 8.93. The second-order valence-electron chi connectivity index (χ2n) is 6.14. The van der Waals surface area contributed by atoms with Gasteiger partial charge in [0.05, 0.1) is 18.8 Å². The summed E-state index contributed by atoms with van der Waals surface area (Å²) in [6, 6.07) is 0.625. The van der Waals surface area contributed by atoms with E-state index in [9.17, 15) is 4.79 Å². The van der Waals surface area contributed by atoms with Crippen LogP contribution in [0.3, 0.4) is 0 Å². The highest BCUT2D eigenvalue weighted by Crippen LogP contribution is 2.21. The van der Waals surface area contributed by atoms with Crippen molar-refractivity contribution in [3.63, 3.8) is 0 Å². The maximum atomic E-state index is 12.6. The quantitative estimate of drug-likeness (QED) is 0.848. The van der Waals surface area contributed by atoms with Crippen molar-refractivity contribution in [2.75, 3.05) is 19.7 Å². The van der Waals surface area contributed by atoms with Crippen LogP contribution in [0, 0.1) is 5.92 Å². The van der Waals surface area contributed by atoms with Gasteiger partial charge in [0.2, 0.25) is 5.91 Å². The summed E-state index contributed by atoms with van der Waals surface area (Å²) in [4.78, 5) is 14.6. The molecule has 4 atom stereocenters. The second kappa shape index (κ2) is 6.71. The number of nitrogens with zero attached hydrogens (tertiary/aromatic N) is 1. The molecular formula is C15H28N2O2. The minimum Gasteiger partial charge on any atom is -0.375 e. The summed E-state index contributed by atoms with van der Waals surface area (Å²) in [5.74, 6) is 0.907. The van der Waals surface area contributed by atoms with Crippen molar-refractivity contribution in [2.24, 2.45) is 5.92 Å². The van der Waals surface area contributed by atoms with Crippen molar-refractivity contribution in [2.45, 2.75) is 64.6 Å². The standard InChI is InChI=1S/C15H28N2O2/c1-4-13-10-19-12(3)9-17(13)15(18)8-14-11(2)6-5-7-16-14/h11-14,16H,4-10H2,1-3H3. The topological polar surface area (TPSA) is 41.6 Å². The molecule has 0 aromatic heterocycles. The van der Waals surface area contributed by atoms with E-state index in [1.165, 1.54) is 12.8 Å². The first-order valence-electron chi connectivity index (χ1n) is 7.76. The van der Waals surface area contributed by atoms with E-state index in [1.54, 1.807) is 0 Å². The Kier molecular flexibility index (Phi) is 5.22. The lowest BCUT2D eigenvalue weighted by Crippen LogP contribution is -2.53. The number of morpholine rings is 1. The van der Waals surface area contributed by atoms with Gasteiger partial charge in [-0.3, -0.25) is 4.79 Å².